The Kier molecular flexibility index (Phi) is 8.11. The molecule has 1 aromatic carbocycles. The highest BCUT2D eigenvalue weighted by molar-refractivity contribution is 7.89. The molecule has 2 heterocycles. The van der Waals surface area contributed by atoms with Gasteiger partial charge in [-0.05, 0) is 43.0 Å². The van der Waals surface area contributed by atoms with Crippen LogP contribution in [0.1, 0.15) is 26.5 Å². The topological polar surface area (TPSA) is 86.1 Å². The van der Waals surface area contributed by atoms with Crippen LogP contribution in [0.5, 0.6) is 0 Å². The van der Waals surface area contributed by atoms with Crippen molar-refractivity contribution in [2.24, 2.45) is 0 Å². The van der Waals surface area contributed by atoms with Gasteiger partial charge in [0.05, 0.1) is 22.5 Å². The first-order valence-electron chi connectivity index (χ1n) is 11.0. The van der Waals surface area contributed by atoms with Crippen LogP contribution in [-0.2, 0) is 14.8 Å². The van der Waals surface area contributed by atoms with Crippen molar-refractivity contribution >= 4 is 33.4 Å². The monoisotopic (exact) mass is 460 g/mol. The Balaban J connectivity index is 1.91. The first-order valence-corrected chi connectivity index (χ1v) is 12.5. The molecule has 1 aliphatic rings. The van der Waals surface area contributed by atoms with Crippen molar-refractivity contribution in [1.82, 2.24) is 9.21 Å². The molecule has 2 aromatic rings. The molecule has 0 unspecified atom stereocenters. The SMILES string of the molecule is CCN1CCN(c2ccc(S(=O)(=O)N(CC)CC)cc2NC(=O)/C=C/c2ccco2)CC1. The molecule has 174 valence electrons. The summed E-state index contributed by atoms with van der Waals surface area (Å²) in [5, 5.41) is 2.88. The van der Waals surface area contributed by atoms with Gasteiger partial charge in [0, 0.05) is 45.3 Å². The highest BCUT2D eigenvalue weighted by atomic mass is 32.2. The largest absolute Gasteiger partial charge is 0.465 e. The average Bonchev–Trinajstić information content (AvgIpc) is 3.32. The summed E-state index contributed by atoms with van der Waals surface area (Å²) >= 11 is 0. The maximum absolute atomic E-state index is 13.0. The van der Waals surface area contributed by atoms with Crippen molar-refractivity contribution in [2.75, 3.05) is 56.0 Å². The maximum Gasteiger partial charge on any atom is 0.248 e. The predicted octanol–water partition coefficient (Wildman–Crippen LogP) is 3.10. The second kappa shape index (κ2) is 10.8. The number of furan rings is 1. The minimum atomic E-state index is -3.65. The number of rotatable bonds is 9. The van der Waals surface area contributed by atoms with E-state index in [1.807, 2.05) is 13.8 Å². The number of likely N-dealkylation sites (N-methyl/N-ethyl adjacent to an activating group) is 1. The Morgan fingerprint density at radius 2 is 1.84 bits per heavy atom. The first kappa shape index (κ1) is 24.0. The van der Waals surface area contributed by atoms with Crippen LogP contribution >= 0.6 is 0 Å². The van der Waals surface area contributed by atoms with Gasteiger partial charge in [0.2, 0.25) is 15.9 Å². The van der Waals surface area contributed by atoms with Gasteiger partial charge in [-0.25, -0.2) is 8.42 Å². The summed E-state index contributed by atoms with van der Waals surface area (Å²) < 4.78 is 32.7. The summed E-state index contributed by atoms with van der Waals surface area (Å²) in [7, 11) is -3.65. The van der Waals surface area contributed by atoms with Crippen LogP contribution in [0.4, 0.5) is 11.4 Å². The Bertz CT molecular complexity index is 1020. The van der Waals surface area contributed by atoms with Crippen LogP contribution in [0.25, 0.3) is 6.08 Å². The van der Waals surface area contributed by atoms with E-state index in [4.69, 9.17) is 4.42 Å². The molecular weight excluding hydrogens is 428 g/mol. The van der Waals surface area contributed by atoms with Crippen molar-refractivity contribution in [3.63, 3.8) is 0 Å². The van der Waals surface area contributed by atoms with Gasteiger partial charge in [0.15, 0.2) is 0 Å². The van der Waals surface area contributed by atoms with E-state index in [2.05, 4.69) is 22.0 Å². The number of carbonyl (C=O) groups is 1. The van der Waals surface area contributed by atoms with Gasteiger partial charge in [0.1, 0.15) is 5.76 Å². The smallest absolute Gasteiger partial charge is 0.248 e. The number of hydrogen-bond donors (Lipinski definition) is 1. The van der Waals surface area contributed by atoms with E-state index >= 15 is 0 Å². The van der Waals surface area contributed by atoms with Gasteiger partial charge >= 0.3 is 0 Å². The molecule has 1 amide bonds. The number of hydrogen-bond acceptors (Lipinski definition) is 6. The molecule has 0 bridgehead atoms. The number of piperazine rings is 1. The molecule has 0 aliphatic carbocycles. The standard InChI is InChI=1S/C23H32N4O4S/c1-4-25-13-15-26(16-14-25)22-11-10-20(32(29,30)27(5-2)6-3)18-21(22)24-23(28)12-9-19-8-7-17-31-19/h7-12,17-18H,4-6,13-16H2,1-3H3,(H,24,28)/b12-9+. The number of amides is 1. The first-order chi connectivity index (χ1) is 15.4. The third-order valence-corrected chi connectivity index (χ3v) is 7.72. The summed E-state index contributed by atoms with van der Waals surface area (Å²) in [6.07, 6.45) is 4.49. The number of carbonyl (C=O) groups excluding carboxylic acids is 1. The lowest BCUT2D eigenvalue weighted by Gasteiger charge is -2.36. The minimum Gasteiger partial charge on any atom is -0.465 e. The molecule has 1 saturated heterocycles. The fourth-order valence-corrected chi connectivity index (χ4v) is 5.27. The Morgan fingerprint density at radius 3 is 2.44 bits per heavy atom. The summed E-state index contributed by atoms with van der Waals surface area (Å²) in [6.45, 7) is 11.0. The molecule has 0 radical (unpaired) electrons. The number of sulfonamides is 1. The van der Waals surface area contributed by atoms with Crippen molar-refractivity contribution in [2.45, 2.75) is 25.7 Å². The van der Waals surface area contributed by atoms with E-state index in [0.29, 0.717) is 24.5 Å². The van der Waals surface area contributed by atoms with E-state index in [-0.39, 0.29) is 10.8 Å². The second-order valence-electron chi connectivity index (χ2n) is 7.53. The molecule has 32 heavy (non-hydrogen) atoms. The van der Waals surface area contributed by atoms with Gasteiger partial charge < -0.3 is 19.5 Å². The van der Waals surface area contributed by atoms with Crippen LogP contribution in [0.3, 0.4) is 0 Å². The fraction of sp³-hybridized carbons (Fsp3) is 0.435. The lowest BCUT2D eigenvalue weighted by atomic mass is 10.2. The van der Waals surface area contributed by atoms with Gasteiger partial charge in [-0.1, -0.05) is 20.8 Å². The lowest BCUT2D eigenvalue weighted by molar-refractivity contribution is -0.111. The third kappa shape index (κ3) is 5.59. The molecule has 3 rings (SSSR count). The van der Waals surface area contributed by atoms with Gasteiger partial charge in [-0.3, -0.25) is 4.79 Å². The molecule has 1 N–H and O–H groups in total. The van der Waals surface area contributed by atoms with E-state index < -0.39 is 10.0 Å². The summed E-state index contributed by atoms with van der Waals surface area (Å²) in [5.41, 5.74) is 1.30. The van der Waals surface area contributed by atoms with E-state index in [1.165, 1.54) is 16.6 Å². The lowest BCUT2D eigenvalue weighted by Crippen LogP contribution is -2.46. The summed E-state index contributed by atoms with van der Waals surface area (Å²) in [6, 6.07) is 8.48. The molecule has 0 spiro atoms. The average molecular weight is 461 g/mol. The van der Waals surface area contributed by atoms with Crippen LogP contribution in [0, 0.1) is 0 Å². The van der Waals surface area contributed by atoms with Crippen LogP contribution in [0.2, 0.25) is 0 Å². The number of nitrogens with one attached hydrogen (secondary N) is 1. The van der Waals surface area contributed by atoms with Gasteiger partial charge in [0.25, 0.3) is 0 Å². The molecule has 8 nitrogen and oxygen atoms in total. The molecule has 1 aliphatic heterocycles. The van der Waals surface area contributed by atoms with E-state index in [1.54, 1.807) is 36.4 Å². The van der Waals surface area contributed by atoms with E-state index in [9.17, 15) is 13.2 Å². The predicted molar refractivity (Wildman–Crippen MR) is 127 cm³/mol. The molecule has 9 heteroatoms. The van der Waals surface area contributed by atoms with Gasteiger partial charge in [-0.2, -0.15) is 4.31 Å². The van der Waals surface area contributed by atoms with Gasteiger partial charge in [-0.15, -0.1) is 0 Å². The van der Waals surface area contributed by atoms with Crippen molar-refractivity contribution in [3.05, 3.63) is 48.4 Å². The maximum atomic E-state index is 13.0. The molecule has 1 fully saturated rings. The third-order valence-electron chi connectivity index (χ3n) is 5.67. The molecular formula is C23H32N4O4S. The Hall–Kier alpha value is -2.62. The van der Waals surface area contributed by atoms with Crippen molar-refractivity contribution in [3.8, 4) is 0 Å². The Labute approximate surface area is 190 Å². The number of nitrogens with zero attached hydrogens (tertiary/aromatic N) is 3. The quantitative estimate of drug-likeness (QED) is 0.579. The Morgan fingerprint density at radius 1 is 1.12 bits per heavy atom. The number of benzene rings is 1. The van der Waals surface area contributed by atoms with Crippen molar-refractivity contribution < 1.29 is 17.6 Å². The zero-order valence-electron chi connectivity index (χ0n) is 19.0. The molecule has 1 aromatic heterocycles. The van der Waals surface area contributed by atoms with Crippen molar-refractivity contribution in [1.29, 1.82) is 0 Å². The highest BCUT2D eigenvalue weighted by Gasteiger charge is 2.25. The zero-order chi connectivity index (χ0) is 23.1. The highest BCUT2D eigenvalue weighted by Crippen LogP contribution is 2.31. The zero-order valence-corrected chi connectivity index (χ0v) is 19.8. The summed E-state index contributed by atoms with van der Waals surface area (Å²) in [5.74, 6) is 0.209. The number of anilines is 2. The molecule has 0 atom stereocenters. The summed E-state index contributed by atoms with van der Waals surface area (Å²) in [4.78, 5) is 17.3. The van der Waals surface area contributed by atoms with Crippen LogP contribution < -0.4 is 10.2 Å². The van der Waals surface area contributed by atoms with Crippen LogP contribution in [-0.4, -0.2) is 69.3 Å². The molecule has 0 saturated carbocycles. The normalized spacial score (nSPS) is 15.6. The second-order valence-corrected chi connectivity index (χ2v) is 9.47. The van der Waals surface area contributed by atoms with Crippen LogP contribution in [0.15, 0.2) is 52.0 Å². The fourth-order valence-electron chi connectivity index (χ4n) is 3.79. The minimum absolute atomic E-state index is 0.169. The van der Waals surface area contributed by atoms with E-state index in [0.717, 1.165) is 38.4 Å².